The zero-order valence-corrected chi connectivity index (χ0v) is 25.0. The lowest BCUT2D eigenvalue weighted by molar-refractivity contribution is -0.120. The van der Waals surface area contributed by atoms with Crippen LogP contribution >= 0.6 is 0 Å². The molecule has 2 aromatic heterocycles. The van der Waals surface area contributed by atoms with E-state index in [0.29, 0.717) is 24.8 Å². The lowest BCUT2D eigenvalue weighted by atomic mass is 9.92. The Kier molecular flexibility index (Phi) is 7.45. The van der Waals surface area contributed by atoms with Gasteiger partial charge in [-0.25, -0.2) is 9.97 Å². The van der Waals surface area contributed by atoms with Crippen molar-refractivity contribution in [2.24, 2.45) is 0 Å². The summed E-state index contributed by atoms with van der Waals surface area (Å²) in [7, 11) is 3.52. The van der Waals surface area contributed by atoms with Gasteiger partial charge in [-0.3, -0.25) is 14.5 Å². The fraction of sp³-hybridized carbons (Fsp3) is 0.412. The summed E-state index contributed by atoms with van der Waals surface area (Å²) in [6.45, 7) is 6.62. The molecular weight excluding hydrogens is 526 g/mol. The first-order chi connectivity index (χ1) is 20.1. The molecule has 0 spiro atoms. The monoisotopic (exact) mass is 565 g/mol. The molecule has 0 atom stereocenters. The second-order valence-electron chi connectivity index (χ2n) is 12.4. The van der Waals surface area contributed by atoms with E-state index in [-0.39, 0.29) is 11.7 Å². The van der Waals surface area contributed by atoms with Gasteiger partial charge in [0.25, 0.3) is 5.91 Å². The highest BCUT2D eigenvalue weighted by molar-refractivity contribution is 5.97. The molecule has 1 aliphatic carbocycles. The normalized spacial score (nSPS) is 15.9. The van der Waals surface area contributed by atoms with Crippen LogP contribution in [-0.2, 0) is 17.8 Å². The van der Waals surface area contributed by atoms with Crippen LogP contribution in [0.3, 0.4) is 0 Å². The number of aryl methyl sites for hydroxylation is 2. The predicted octanol–water partition coefficient (Wildman–Crippen LogP) is 5.23. The molecule has 1 saturated carbocycles. The molecule has 8 nitrogen and oxygen atoms in total. The molecule has 218 valence electrons. The number of hydrogen-bond donors (Lipinski definition) is 2. The fourth-order valence-electron chi connectivity index (χ4n) is 6.05. The minimum Gasteiger partial charge on any atom is -0.390 e. The average Bonchev–Trinajstić information content (AvgIpc) is 3.56. The first-order valence-corrected chi connectivity index (χ1v) is 14.9. The lowest BCUT2D eigenvalue weighted by Crippen LogP contribution is -2.32. The Bertz CT molecular complexity index is 1680. The Labute approximate surface area is 246 Å². The van der Waals surface area contributed by atoms with Crippen molar-refractivity contribution in [2.45, 2.75) is 64.5 Å². The SMILES string of the molecule is Cc1cc(-c2c[nH]c3ncc(-c4cc(C)c5c(c4)CN(CCC(=O)CCC4(O)CC4)CC5)nc23)ccc1C(=O)N(C)C. The van der Waals surface area contributed by atoms with Gasteiger partial charge in [-0.05, 0) is 85.5 Å². The minimum atomic E-state index is -0.559. The molecular formula is C34H39N5O3. The van der Waals surface area contributed by atoms with Crippen LogP contribution in [0.15, 0.2) is 42.7 Å². The second kappa shape index (κ2) is 11.1. The van der Waals surface area contributed by atoms with Crippen molar-refractivity contribution in [3.8, 4) is 22.4 Å². The summed E-state index contributed by atoms with van der Waals surface area (Å²) < 4.78 is 0. The number of aromatic amines is 1. The molecule has 2 aliphatic rings. The molecule has 2 N–H and O–H groups in total. The highest BCUT2D eigenvalue weighted by Crippen LogP contribution is 2.39. The van der Waals surface area contributed by atoms with Crippen LogP contribution < -0.4 is 0 Å². The third kappa shape index (κ3) is 5.74. The number of aromatic nitrogens is 3. The number of Topliss-reactive ketones (excluding diaryl/α,β-unsaturated/α-hetero) is 1. The quantitative estimate of drug-likeness (QED) is 0.288. The largest absolute Gasteiger partial charge is 0.390 e. The molecule has 6 rings (SSSR count). The number of H-pyrrole nitrogens is 1. The predicted molar refractivity (Wildman–Crippen MR) is 164 cm³/mol. The number of aliphatic hydroxyl groups is 1. The first kappa shape index (κ1) is 28.2. The van der Waals surface area contributed by atoms with Crippen LogP contribution in [0.4, 0.5) is 0 Å². The van der Waals surface area contributed by atoms with Gasteiger partial charge in [-0.1, -0.05) is 12.1 Å². The van der Waals surface area contributed by atoms with Crippen LogP contribution in [0.1, 0.15) is 64.7 Å². The number of benzene rings is 2. The van der Waals surface area contributed by atoms with Crippen molar-refractivity contribution in [3.63, 3.8) is 0 Å². The third-order valence-electron chi connectivity index (χ3n) is 8.89. The van der Waals surface area contributed by atoms with Gasteiger partial charge in [0.1, 0.15) is 11.3 Å². The van der Waals surface area contributed by atoms with E-state index in [1.165, 1.54) is 16.7 Å². The van der Waals surface area contributed by atoms with Gasteiger partial charge in [-0.2, -0.15) is 0 Å². The fourth-order valence-corrected chi connectivity index (χ4v) is 6.05. The molecule has 1 amide bonds. The number of carbonyl (C=O) groups is 2. The molecule has 42 heavy (non-hydrogen) atoms. The van der Waals surface area contributed by atoms with E-state index >= 15 is 0 Å². The smallest absolute Gasteiger partial charge is 0.253 e. The molecule has 0 unspecified atom stereocenters. The van der Waals surface area contributed by atoms with Crippen molar-refractivity contribution in [1.82, 2.24) is 24.8 Å². The van der Waals surface area contributed by atoms with E-state index in [2.05, 4.69) is 28.9 Å². The van der Waals surface area contributed by atoms with E-state index in [1.54, 1.807) is 19.0 Å². The number of rotatable bonds is 9. The topological polar surface area (TPSA) is 102 Å². The van der Waals surface area contributed by atoms with Crippen LogP contribution in [-0.4, -0.2) is 74.3 Å². The second-order valence-corrected chi connectivity index (χ2v) is 12.4. The zero-order valence-electron chi connectivity index (χ0n) is 25.0. The number of nitrogens with one attached hydrogen (secondary N) is 1. The highest BCUT2D eigenvalue weighted by atomic mass is 16.3. The lowest BCUT2D eigenvalue weighted by Gasteiger charge is -2.30. The minimum absolute atomic E-state index is 0.0128. The van der Waals surface area contributed by atoms with Crippen molar-refractivity contribution >= 4 is 22.9 Å². The van der Waals surface area contributed by atoms with E-state index in [0.717, 1.165) is 78.0 Å². The summed E-state index contributed by atoms with van der Waals surface area (Å²) in [5, 5.41) is 10.0. The highest BCUT2D eigenvalue weighted by Gasteiger charge is 2.39. The summed E-state index contributed by atoms with van der Waals surface area (Å²) >= 11 is 0. The van der Waals surface area contributed by atoms with E-state index < -0.39 is 5.60 Å². The summed E-state index contributed by atoms with van der Waals surface area (Å²) in [6, 6.07) is 10.3. The number of hydrogen-bond acceptors (Lipinski definition) is 6. The molecule has 2 aromatic carbocycles. The Morgan fingerprint density at radius 1 is 1.07 bits per heavy atom. The van der Waals surface area contributed by atoms with Gasteiger partial charge >= 0.3 is 0 Å². The van der Waals surface area contributed by atoms with Crippen LogP contribution in [0.25, 0.3) is 33.5 Å². The van der Waals surface area contributed by atoms with Crippen molar-refractivity contribution < 1.29 is 14.7 Å². The summed E-state index contributed by atoms with van der Waals surface area (Å²) in [6.07, 6.45) is 8.00. The number of ketones is 1. The van der Waals surface area contributed by atoms with Gasteiger partial charge < -0.3 is 15.0 Å². The number of carbonyl (C=O) groups excluding carboxylic acids is 2. The van der Waals surface area contributed by atoms with Gasteiger partial charge in [-0.15, -0.1) is 0 Å². The Hall–Kier alpha value is -3.88. The average molecular weight is 566 g/mol. The molecule has 0 bridgehead atoms. The summed E-state index contributed by atoms with van der Waals surface area (Å²) in [5.74, 6) is 0.229. The summed E-state index contributed by atoms with van der Waals surface area (Å²) in [4.78, 5) is 41.9. The zero-order chi connectivity index (χ0) is 29.6. The molecule has 4 aromatic rings. The van der Waals surface area contributed by atoms with Crippen molar-refractivity contribution in [2.75, 3.05) is 27.2 Å². The van der Waals surface area contributed by atoms with Crippen LogP contribution in [0.2, 0.25) is 0 Å². The number of amides is 1. The maximum absolute atomic E-state index is 12.5. The van der Waals surface area contributed by atoms with Crippen LogP contribution in [0.5, 0.6) is 0 Å². The van der Waals surface area contributed by atoms with Crippen molar-refractivity contribution in [1.29, 1.82) is 0 Å². The first-order valence-electron chi connectivity index (χ1n) is 14.9. The molecule has 3 heterocycles. The molecule has 1 aliphatic heterocycles. The maximum atomic E-state index is 12.5. The van der Waals surface area contributed by atoms with Gasteiger partial charge in [0, 0.05) is 69.5 Å². The standard InChI is InChI=1S/C34H39N5O3/c1-21-16-24(17-25-20-39(14-9-27(21)25)13-8-26(40)7-10-34(42)11-12-34)30-19-36-32-31(37-30)29(18-35-32)23-5-6-28(22(2)15-23)33(41)38(3)4/h5-6,15-19,42H,7-14,20H2,1-4H3,(H,35,36). The van der Waals surface area contributed by atoms with Crippen molar-refractivity contribution in [3.05, 3.63) is 70.5 Å². The van der Waals surface area contributed by atoms with Crippen LogP contribution in [0, 0.1) is 13.8 Å². The molecule has 8 heteroatoms. The molecule has 0 radical (unpaired) electrons. The summed E-state index contributed by atoms with van der Waals surface area (Å²) in [5.41, 5.74) is 10.3. The number of fused-ring (bicyclic) bond motifs is 2. The maximum Gasteiger partial charge on any atom is 0.253 e. The van der Waals surface area contributed by atoms with Gasteiger partial charge in [0.05, 0.1) is 17.5 Å². The van der Waals surface area contributed by atoms with Gasteiger partial charge in [0.2, 0.25) is 0 Å². The van der Waals surface area contributed by atoms with E-state index in [1.807, 2.05) is 37.5 Å². The molecule has 0 saturated heterocycles. The Morgan fingerprint density at radius 2 is 1.86 bits per heavy atom. The van der Waals surface area contributed by atoms with E-state index in [4.69, 9.17) is 9.97 Å². The number of nitrogens with zero attached hydrogens (tertiary/aromatic N) is 4. The Morgan fingerprint density at radius 3 is 2.60 bits per heavy atom. The van der Waals surface area contributed by atoms with Gasteiger partial charge in [0.15, 0.2) is 5.65 Å². The Balaban J connectivity index is 1.22. The van der Waals surface area contributed by atoms with E-state index in [9.17, 15) is 14.7 Å². The molecule has 1 fully saturated rings. The third-order valence-corrected chi connectivity index (χ3v) is 8.89.